The van der Waals surface area contributed by atoms with Crippen molar-refractivity contribution in [2.45, 2.75) is 37.0 Å². The van der Waals surface area contributed by atoms with Gasteiger partial charge in [-0.3, -0.25) is 0 Å². The van der Waals surface area contributed by atoms with Crippen LogP contribution < -0.4 is 0 Å². The minimum atomic E-state index is -1.42. The molecular weight excluding hydrogens is 252 g/mol. The van der Waals surface area contributed by atoms with Gasteiger partial charge in [0.25, 0.3) is 0 Å². The second kappa shape index (κ2) is 5.16. The average Bonchev–Trinajstić information content (AvgIpc) is 2.46. The number of ether oxygens (including phenoxy) is 3. The van der Waals surface area contributed by atoms with Gasteiger partial charge in [0.2, 0.25) is 0 Å². The van der Waals surface area contributed by atoms with Crippen molar-refractivity contribution in [3.8, 4) is 0 Å². The van der Waals surface area contributed by atoms with E-state index in [0.29, 0.717) is 0 Å². The molecule has 2 aliphatic heterocycles. The highest BCUT2D eigenvalue weighted by molar-refractivity contribution is 5.16. The second-order valence-electron chi connectivity index (χ2n) is 4.72. The topological polar surface area (TPSA) is 88.4 Å². The number of hydrogen-bond donors (Lipinski definition) is 3. The summed E-state index contributed by atoms with van der Waals surface area (Å²) in [5.74, 6) is 0. The maximum Gasteiger partial charge on any atom is 0.184 e. The highest BCUT2D eigenvalue weighted by Gasteiger charge is 2.48. The number of rotatable bonds is 1. The van der Waals surface area contributed by atoms with E-state index in [0.717, 1.165) is 5.56 Å². The van der Waals surface area contributed by atoms with Gasteiger partial charge in [-0.1, -0.05) is 30.3 Å². The Balaban J connectivity index is 1.75. The van der Waals surface area contributed by atoms with Crippen molar-refractivity contribution in [3.05, 3.63) is 35.9 Å². The molecule has 0 aromatic heterocycles. The highest BCUT2D eigenvalue weighted by Crippen LogP contribution is 2.33. The van der Waals surface area contributed by atoms with Crippen molar-refractivity contribution >= 4 is 0 Å². The van der Waals surface area contributed by atoms with Gasteiger partial charge in [-0.2, -0.15) is 0 Å². The molecule has 0 radical (unpaired) electrons. The summed E-state index contributed by atoms with van der Waals surface area (Å²) in [7, 11) is 0. The molecule has 3 rings (SSSR count). The molecule has 6 heteroatoms. The van der Waals surface area contributed by atoms with Gasteiger partial charge in [-0.15, -0.1) is 0 Å². The fourth-order valence-corrected chi connectivity index (χ4v) is 2.37. The lowest BCUT2D eigenvalue weighted by atomic mass is 9.98. The minimum absolute atomic E-state index is 0.186. The largest absolute Gasteiger partial charge is 0.387 e. The standard InChI is InChI=1S/C13H16O6/c14-9-10(15)12(16)18-8-6-17-13(19-11(8)9)7-4-2-1-3-5-7/h1-5,8-16H,6H2/t8-,9-,10-,11?,12+,13?/m1/s1. The normalized spacial score (nSPS) is 42.7. The van der Waals surface area contributed by atoms with Crippen LogP contribution in [0.1, 0.15) is 11.9 Å². The summed E-state index contributed by atoms with van der Waals surface area (Å²) < 4.78 is 16.3. The molecule has 0 saturated carbocycles. The predicted octanol–water partition coefficient (Wildman–Crippen LogP) is -0.460. The molecule has 104 valence electrons. The van der Waals surface area contributed by atoms with Crippen LogP contribution in [0.5, 0.6) is 0 Å². The summed E-state index contributed by atoms with van der Waals surface area (Å²) in [4.78, 5) is 0. The van der Waals surface area contributed by atoms with Gasteiger partial charge in [-0.25, -0.2) is 0 Å². The van der Waals surface area contributed by atoms with Crippen molar-refractivity contribution in [2.75, 3.05) is 6.61 Å². The van der Waals surface area contributed by atoms with Crippen molar-refractivity contribution in [3.63, 3.8) is 0 Å². The molecule has 19 heavy (non-hydrogen) atoms. The van der Waals surface area contributed by atoms with Gasteiger partial charge < -0.3 is 29.5 Å². The van der Waals surface area contributed by atoms with E-state index in [1.165, 1.54) is 0 Å². The third-order valence-corrected chi connectivity index (χ3v) is 3.42. The van der Waals surface area contributed by atoms with E-state index in [9.17, 15) is 15.3 Å². The van der Waals surface area contributed by atoms with Gasteiger partial charge in [0.1, 0.15) is 24.4 Å². The van der Waals surface area contributed by atoms with Crippen LogP contribution in [-0.4, -0.2) is 52.6 Å². The van der Waals surface area contributed by atoms with Gasteiger partial charge in [0.05, 0.1) is 6.61 Å². The lowest BCUT2D eigenvalue weighted by Gasteiger charge is -2.45. The van der Waals surface area contributed by atoms with Gasteiger partial charge >= 0.3 is 0 Å². The Morgan fingerprint density at radius 3 is 2.42 bits per heavy atom. The summed E-state index contributed by atoms with van der Waals surface area (Å²) >= 11 is 0. The van der Waals surface area contributed by atoms with Gasteiger partial charge in [0.15, 0.2) is 12.6 Å². The van der Waals surface area contributed by atoms with E-state index >= 15 is 0 Å². The zero-order valence-corrected chi connectivity index (χ0v) is 10.1. The Morgan fingerprint density at radius 2 is 1.68 bits per heavy atom. The van der Waals surface area contributed by atoms with Crippen molar-refractivity contribution in [2.24, 2.45) is 0 Å². The maximum absolute atomic E-state index is 9.94. The monoisotopic (exact) mass is 268 g/mol. The molecule has 2 fully saturated rings. The fraction of sp³-hybridized carbons (Fsp3) is 0.538. The maximum atomic E-state index is 9.94. The summed E-state index contributed by atoms with van der Waals surface area (Å²) in [5.41, 5.74) is 0.828. The first-order valence-corrected chi connectivity index (χ1v) is 6.18. The van der Waals surface area contributed by atoms with E-state index in [2.05, 4.69) is 0 Å². The Labute approximate surface area is 110 Å². The van der Waals surface area contributed by atoms with Gasteiger partial charge in [-0.05, 0) is 0 Å². The lowest BCUT2D eigenvalue weighted by molar-refractivity contribution is -0.354. The highest BCUT2D eigenvalue weighted by atomic mass is 16.7. The van der Waals surface area contributed by atoms with E-state index in [1.54, 1.807) is 0 Å². The number of aliphatic hydroxyl groups excluding tert-OH is 3. The number of hydrogen-bond acceptors (Lipinski definition) is 6. The van der Waals surface area contributed by atoms with E-state index in [-0.39, 0.29) is 6.61 Å². The van der Waals surface area contributed by atoms with E-state index in [4.69, 9.17) is 14.2 Å². The number of aliphatic hydroxyl groups is 3. The van der Waals surface area contributed by atoms with Crippen LogP contribution in [0, 0.1) is 0 Å². The first-order valence-electron chi connectivity index (χ1n) is 6.18. The third kappa shape index (κ3) is 2.38. The van der Waals surface area contributed by atoms with Crippen LogP contribution in [0.4, 0.5) is 0 Å². The SMILES string of the molecule is O[C@H]1[C@@H](O)O[C@@H]2COC(c3ccccc3)OC2[C@@H]1O. The number of fused-ring (bicyclic) bond motifs is 1. The molecule has 0 bridgehead atoms. The van der Waals surface area contributed by atoms with Crippen LogP contribution >= 0.6 is 0 Å². The van der Waals surface area contributed by atoms with Gasteiger partial charge in [0, 0.05) is 5.56 Å². The summed E-state index contributed by atoms with van der Waals surface area (Å²) in [6.45, 7) is 0.186. The van der Waals surface area contributed by atoms with Crippen LogP contribution in [0.15, 0.2) is 30.3 Å². The first-order chi connectivity index (χ1) is 9.16. The Morgan fingerprint density at radius 1 is 0.947 bits per heavy atom. The molecule has 3 N–H and O–H groups in total. The lowest BCUT2D eigenvalue weighted by Crippen LogP contribution is -2.61. The predicted molar refractivity (Wildman–Crippen MR) is 62.9 cm³/mol. The van der Waals surface area contributed by atoms with Crippen LogP contribution in [0.25, 0.3) is 0 Å². The first kappa shape index (κ1) is 13.0. The fourth-order valence-electron chi connectivity index (χ4n) is 2.37. The molecule has 0 spiro atoms. The van der Waals surface area contributed by atoms with Crippen LogP contribution in [-0.2, 0) is 14.2 Å². The van der Waals surface area contributed by atoms with Crippen molar-refractivity contribution in [1.29, 1.82) is 0 Å². The average molecular weight is 268 g/mol. The van der Waals surface area contributed by atoms with Crippen LogP contribution in [0.2, 0.25) is 0 Å². The van der Waals surface area contributed by atoms with Crippen molar-refractivity contribution < 1.29 is 29.5 Å². The summed E-state index contributed by atoms with van der Waals surface area (Å²) in [6, 6.07) is 9.31. The quantitative estimate of drug-likeness (QED) is 0.639. The molecular formula is C13H16O6. The molecule has 6 atom stereocenters. The molecule has 2 unspecified atom stereocenters. The third-order valence-electron chi connectivity index (χ3n) is 3.42. The van der Waals surface area contributed by atoms with Crippen LogP contribution in [0.3, 0.4) is 0 Å². The molecule has 1 aromatic carbocycles. The number of benzene rings is 1. The Bertz CT molecular complexity index is 422. The molecule has 2 aliphatic rings. The molecule has 2 saturated heterocycles. The minimum Gasteiger partial charge on any atom is -0.387 e. The Kier molecular flexibility index (Phi) is 3.53. The summed E-state index contributed by atoms with van der Waals surface area (Å²) in [6.07, 6.45) is -5.93. The molecule has 1 aromatic rings. The molecule has 2 heterocycles. The molecule has 0 aliphatic carbocycles. The molecule has 0 amide bonds. The second-order valence-corrected chi connectivity index (χ2v) is 4.72. The molecule has 6 nitrogen and oxygen atoms in total. The van der Waals surface area contributed by atoms with E-state index < -0.39 is 37.0 Å². The van der Waals surface area contributed by atoms with Crippen molar-refractivity contribution in [1.82, 2.24) is 0 Å². The summed E-state index contributed by atoms with van der Waals surface area (Å²) in [5, 5.41) is 29.0. The van der Waals surface area contributed by atoms with E-state index in [1.807, 2.05) is 30.3 Å². The zero-order chi connectivity index (χ0) is 13.4. The zero-order valence-electron chi connectivity index (χ0n) is 10.1. The smallest absolute Gasteiger partial charge is 0.184 e. The Hall–Kier alpha value is -1.02.